The van der Waals surface area contributed by atoms with Crippen LogP contribution in [0.1, 0.15) is 89.0 Å². The van der Waals surface area contributed by atoms with Crippen molar-refractivity contribution in [3.63, 3.8) is 0 Å². The molecular weight excluding hydrogens is 455 g/mol. The maximum atomic E-state index is 13.0. The number of carbonyl (C=O) groups is 2. The third-order valence-corrected chi connectivity index (χ3v) is 11.3. The molecule has 198 valence electrons. The van der Waals surface area contributed by atoms with Gasteiger partial charge in [-0.1, -0.05) is 32.6 Å². The smallest absolute Gasteiger partial charge is 0.602 e. The van der Waals surface area contributed by atoms with Crippen LogP contribution in [0, 0.1) is 6.26 Å². The van der Waals surface area contributed by atoms with Crippen molar-refractivity contribution >= 4 is 20.5 Å². The van der Waals surface area contributed by atoms with Crippen molar-refractivity contribution in [1.82, 2.24) is 9.80 Å². The quantitative estimate of drug-likeness (QED) is 0.286. The maximum absolute atomic E-state index is 13.0. The molecule has 1 aliphatic rings. The predicted molar refractivity (Wildman–Crippen MR) is 139 cm³/mol. The molecule has 0 bridgehead atoms. The first-order chi connectivity index (χ1) is 15.4. The van der Waals surface area contributed by atoms with Crippen molar-refractivity contribution in [2.45, 2.75) is 144 Å². The van der Waals surface area contributed by atoms with Gasteiger partial charge in [-0.2, -0.15) is 0 Å². The van der Waals surface area contributed by atoms with E-state index in [1.54, 1.807) is 9.80 Å². The van der Waals surface area contributed by atoms with Crippen molar-refractivity contribution in [1.29, 1.82) is 0 Å². The number of amides is 2. The van der Waals surface area contributed by atoms with E-state index in [1.807, 2.05) is 55.4 Å². The summed E-state index contributed by atoms with van der Waals surface area (Å²) in [7, 11) is -2.12. The van der Waals surface area contributed by atoms with E-state index in [0.717, 1.165) is 0 Å². The Morgan fingerprint density at radius 1 is 0.829 bits per heavy atom. The van der Waals surface area contributed by atoms with Gasteiger partial charge in [-0.3, -0.25) is 0 Å². The second-order valence-corrected chi connectivity index (χ2v) is 16.7. The Morgan fingerprint density at radius 3 is 1.63 bits per heavy atom. The zero-order valence-electron chi connectivity index (χ0n) is 24.8. The van der Waals surface area contributed by atoms with Crippen molar-refractivity contribution in [2.24, 2.45) is 0 Å². The number of hydrogen-bond donors (Lipinski definition) is 0. The Labute approximate surface area is 227 Å². The second-order valence-electron chi connectivity index (χ2n) is 11.9. The van der Waals surface area contributed by atoms with Gasteiger partial charge in [0, 0.05) is 24.2 Å². The number of nitrogens with zero attached hydrogens (tertiary/aromatic N) is 2. The standard InChI is InChI=1S/C26H49N2O5Si.Li/c1-17(2)27(18(3)4)24(29)31-16-21-22(32-25(30)28(19(5)6)20(7)8)14-15-23(21)33-34(12,13)26(9,10)11;/h17-20,22-23H,14-15H2,1-13H3;/q-1;+1/t22-,23?;/m1./s1. The molecular formula is C26H49LiN2O5Si. The van der Waals surface area contributed by atoms with Gasteiger partial charge in [0.15, 0.2) is 8.32 Å². The minimum Gasteiger partial charge on any atom is -0.602 e. The minimum absolute atomic E-state index is 0. The summed E-state index contributed by atoms with van der Waals surface area (Å²) in [5.41, 5.74) is 0.603. The van der Waals surface area contributed by atoms with Crippen LogP contribution in [0.2, 0.25) is 18.1 Å². The molecule has 1 unspecified atom stereocenters. The van der Waals surface area contributed by atoms with Gasteiger partial charge in [0.05, 0.1) is 6.10 Å². The van der Waals surface area contributed by atoms with Gasteiger partial charge in [-0.15, -0.1) is 0 Å². The summed E-state index contributed by atoms with van der Waals surface area (Å²) in [5, 5.41) is 0.0156. The Bertz CT molecular complexity index is 716. The Hall–Kier alpha value is -0.946. The topological polar surface area (TPSA) is 68.3 Å². The molecule has 0 heterocycles. The normalized spacial score (nSPS) is 20.0. The van der Waals surface area contributed by atoms with Crippen LogP contribution in [0.25, 0.3) is 0 Å². The van der Waals surface area contributed by atoms with Gasteiger partial charge in [0.25, 0.3) is 0 Å². The van der Waals surface area contributed by atoms with E-state index < -0.39 is 20.5 Å². The molecule has 2 atom stereocenters. The zero-order chi connectivity index (χ0) is 26.6. The number of carbonyl (C=O) groups excluding carboxylic acids is 2. The van der Waals surface area contributed by atoms with Crippen LogP contribution in [0.4, 0.5) is 9.59 Å². The van der Waals surface area contributed by atoms with E-state index in [1.165, 1.54) is 0 Å². The van der Waals surface area contributed by atoms with Crippen molar-refractivity contribution in [2.75, 3.05) is 0 Å². The van der Waals surface area contributed by atoms with Crippen LogP contribution in [-0.4, -0.2) is 66.7 Å². The maximum Gasteiger partial charge on any atom is 1.00 e. The van der Waals surface area contributed by atoms with Crippen LogP contribution < -0.4 is 18.9 Å². The molecule has 9 heteroatoms. The molecule has 7 nitrogen and oxygen atoms in total. The first-order valence-corrected chi connectivity index (χ1v) is 15.6. The van der Waals surface area contributed by atoms with Crippen molar-refractivity contribution in [3.05, 3.63) is 11.8 Å². The summed E-state index contributed by atoms with van der Waals surface area (Å²) in [6.07, 6.45) is 2.48. The zero-order valence-corrected chi connectivity index (χ0v) is 25.8. The summed E-state index contributed by atoms with van der Waals surface area (Å²) in [6, 6.07) is -0.0102. The van der Waals surface area contributed by atoms with Crippen LogP contribution in [0.15, 0.2) is 5.57 Å². The molecule has 0 aliphatic heterocycles. The molecule has 0 aromatic carbocycles. The minimum atomic E-state index is -2.12. The molecule has 1 fully saturated rings. The van der Waals surface area contributed by atoms with Gasteiger partial charge in [0.2, 0.25) is 6.09 Å². The van der Waals surface area contributed by atoms with E-state index in [0.29, 0.717) is 18.4 Å². The summed E-state index contributed by atoms with van der Waals surface area (Å²) in [6.45, 7) is 26.6. The third-order valence-electron chi connectivity index (χ3n) is 6.77. The molecule has 1 aliphatic carbocycles. The fraction of sp³-hybridized carbons (Fsp3) is 0.846. The van der Waals surface area contributed by atoms with Gasteiger partial charge in [-0.25, -0.2) is 4.79 Å². The van der Waals surface area contributed by atoms with Gasteiger partial charge >= 0.3 is 25.0 Å². The number of ether oxygens (including phenoxy) is 2. The molecule has 0 radical (unpaired) electrons. The summed E-state index contributed by atoms with van der Waals surface area (Å²) in [4.78, 5) is 29.2. The molecule has 0 aromatic rings. The van der Waals surface area contributed by atoms with E-state index in [2.05, 4.69) is 40.1 Å². The molecule has 1 saturated carbocycles. The van der Waals surface area contributed by atoms with Gasteiger partial charge in [-0.05, 0) is 86.4 Å². The molecule has 35 heavy (non-hydrogen) atoms. The van der Waals surface area contributed by atoms with Crippen molar-refractivity contribution < 1.29 is 42.3 Å². The Morgan fingerprint density at radius 2 is 1.23 bits per heavy atom. The number of rotatable bonds is 8. The molecule has 2 amide bonds. The fourth-order valence-electron chi connectivity index (χ4n) is 4.10. The Kier molecular flexibility index (Phi) is 13.2. The summed E-state index contributed by atoms with van der Waals surface area (Å²) >= 11 is 0. The first kappa shape index (κ1) is 34.1. The van der Waals surface area contributed by atoms with Gasteiger partial charge in [0.1, 0.15) is 6.10 Å². The van der Waals surface area contributed by atoms with Crippen LogP contribution >= 0.6 is 0 Å². The molecule has 1 rings (SSSR count). The molecule has 0 aromatic heterocycles. The van der Waals surface area contributed by atoms with Crippen LogP contribution in [0.3, 0.4) is 0 Å². The average Bonchev–Trinajstić information content (AvgIpc) is 2.98. The summed E-state index contributed by atoms with van der Waals surface area (Å²) < 4.78 is 18.1. The van der Waals surface area contributed by atoms with Crippen molar-refractivity contribution in [3.8, 4) is 0 Å². The third kappa shape index (κ3) is 9.14. The van der Waals surface area contributed by atoms with Crippen LogP contribution in [-0.2, 0) is 13.9 Å². The summed E-state index contributed by atoms with van der Waals surface area (Å²) in [5.74, 6) is 0. The fourth-order valence-corrected chi connectivity index (χ4v) is 5.41. The largest absolute Gasteiger partial charge is 1.00 e. The monoisotopic (exact) mass is 504 g/mol. The van der Waals surface area contributed by atoms with E-state index in [9.17, 15) is 9.59 Å². The van der Waals surface area contributed by atoms with Gasteiger partial charge < -0.3 is 28.5 Å². The average molecular weight is 505 g/mol. The molecule has 0 N–H and O–H groups in total. The number of hydrogen-bond acceptors (Lipinski definition) is 5. The SMILES string of the molecule is CC(C)N(C(=O)O[C-]=C1C(O[Si](C)(C)C(C)(C)C)CC[C@H]1OC(=O)N(C(C)C)C(C)C)C(C)C.[Li+]. The molecule has 0 saturated heterocycles. The van der Waals surface area contributed by atoms with E-state index in [-0.39, 0.29) is 60.3 Å². The Balaban J connectivity index is 0.0000116. The first-order valence-electron chi connectivity index (χ1n) is 12.7. The predicted octanol–water partition coefficient (Wildman–Crippen LogP) is 3.74. The van der Waals surface area contributed by atoms with E-state index >= 15 is 0 Å². The second kappa shape index (κ2) is 13.6. The van der Waals surface area contributed by atoms with Crippen LogP contribution in [0.5, 0.6) is 0 Å². The van der Waals surface area contributed by atoms with E-state index in [4.69, 9.17) is 13.9 Å². The molecule has 0 spiro atoms.